The molecule has 0 spiro atoms. The first-order valence-electron chi connectivity index (χ1n) is 10.6. The van der Waals surface area contributed by atoms with Crippen LogP contribution in [0.2, 0.25) is 0 Å². The summed E-state index contributed by atoms with van der Waals surface area (Å²) in [6.07, 6.45) is 3.37. The Morgan fingerprint density at radius 2 is 2.00 bits per heavy atom. The fourth-order valence-corrected chi connectivity index (χ4v) is 4.42. The van der Waals surface area contributed by atoms with Crippen LogP contribution in [0.4, 0.5) is 10.6 Å². The van der Waals surface area contributed by atoms with E-state index in [1.807, 2.05) is 6.07 Å². The van der Waals surface area contributed by atoms with Crippen LogP contribution >= 0.6 is 0 Å². The van der Waals surface area contributed by atoms with Crippen molar-refractivity contribution in [3.63, 3.8) is 0 Å². The van der Waals surface area contributed by atoms with Crippen molar-refractivity contribution in [2.75, 3.05) is 12.3 Å². The number of carbonyl (C=O) groups excluding carboxylic acids is 3. The van der Waals surface area contributed by atoms with Gasteiger partial charge in [0.2, 0.25) is 5.91 Å². The van der Waals surface area contributed by atoms with E-state index in [4.69, 9.17) is 20.7 Å². The van der Waals surface area contributed by atoms with Gasteiger partial charge in [-0.3, -0.25) is 9.59 Å². The Morgan fingerprint density at radius 3 is 2.68 bits per heavy atom. The molecule has 1 aliphatic carbocycles. The molecule has 2 aromatic rings. The Balaban J connectivity index is 1.37. The van der Waals surface area contributed by atoms with Crippen molar-refractivity contribution >= 4 is 34.7 Å². The Bertz CT molecular complexity index is 984. The molecule has 166 valence electrons. The summed E-state index contributed by atoms with van der Waals surface area (Å²) in [6, 6.07) is 4.81. The van der Waals surface area contributed by atoms with Crippen LogP contribution in [0, 0.1) is 5.92 Å². The third-order valence-corrected chi connectivity index (χ3v) is 6.20. The lowest BCUT2D eigenvalue weighted by atomic mass is 9.84. The zero-order valence-corrected chi connectivity index (χ0v) is 17.2. The second kappa shape index (κ2) is 8.83. The van der Waals surface area contributed by atoms with Crippen molar-refractivity contribution in [3.05, 3.63) is 23.8 Å². The molecule has 1 saturated carbocycles. The van der Waals surface area contributed by atoms with E-state index in [-0.39, 0.29) is 24.3 Å². The maximum absolute atomic E-state index is 13.1. The molecule has 5 N–H and O–H groups in total. The van der Waals surface area contributed by atoms with E-state index in [1.54, 1.807) is 12.1 Å². The highest BCUT2D eigenvalue weighted by Gasteiger charge is 2.43. The number of hydrogen-bond acceptors (Lipinski definition) is 7. The molecule has 1 aliphatic heterocycles. The van der Waals surface area contributed by atoms with Gasteiger partial charge in [0.25, 0.3) is 5.91 Å². The molecule has 3 amide bonds. The maximum atomic E-state index is 13.1. The normalized spacial score (nSPS) is 20.1. The lowest BCUT2D eigenvalue weighted by Crippen LogP contribution is -2.61. The van der Waals surface area contributed by atoms with Gasteiger partial charge in [-0.2, -0.15) is 0 Å². The number of rotatable bonds is 6. The highest BCUT2D eigenvalue weighted by Crippen LogP contribution is 2.31. The number of nitrogens with two attached hydrogens (primary N) is 2. The molecular weight excluding hydrogens is 402 g/mol. The maximum Gasteiger partial charge on any atom is 0.405 e. The number of nitrogen functional groups attached to an aromatic ring is 1. The molecule has 10 nitrogen and oxygen atoms in total. The van der Waals surface area contributed by atoms with Crippen LogP contribution in [0.1, 0.15) is 44.1 Å². The monoisotopic (exact) mass is 429 g/mol. The van der Waals surface area contributed by atoms with Gasteiger partial charge in [0.15, 0.2) is 17.5 Å². The molecule has 1 aromatic heterocycles. The van der Waals surface area contributed by atoms with Crippen LogP contribution in [0.15, 0.2) is 22.7 Å². The molecule has 2 fully saturated rings. The summed E-state index contributed by atoms with van der Waals surface area (Å²) in [6.45, 7) is 0.726. The topological polar surface area (TPSA) is 154 Å². The average molecular weight is 429 g/mol. The number of benzene rings is 1. The number of fused-ring (bicyclic) bond motifs is 1. The number of hydrogen-bond donors (Lipinski definition) is 3. The number of carbonyl (C=O) groups is 3. The average Bonchev–Trinajstić information content (AvgIpc) is 3.10. The predicted octanol–water partition coefficient (Wildman–Crippen LogP) is 1.67. The highest BCUT2D eigenvalue weighted by molar-refractivity contribution is 5.92. The third kappa shape index (κ3) is 4.42. The number of ether oxygens (including phenoxy) is 1. The van der Waals surface area contributed by atoms with Crippen molar-refractivity contribution in [2.45, 2.75) is 57.2 Å². The Kier molecular flexibility index (Phi) is 5.97. The van der Waals surface area contributed by atoms with Gasteiger partial charge in [0.1, 0.15) is 6.04 Å². The Morgan fingerprint density at radius 1 is 1.23 bits per heavy atom. The smallest absolute Gasteiger partial charge is 0.405 e. The van der Waals surface area contributed by atoms with E-state index in [2.05, 4.69) is 10.5 Å². The van der Waals surface area contributed by atoms with Gasteiger partial charge in [-0.1, -0.05) is 30.5 Å². The Hall–Kier alpha value is -3.30. The molecule has 2 heterocycles. The van der Waals surface area contributed by atoms with Gasteiger partial charge in [0, 0.05) is 19.0 Å². The summed E-state index contributed by atoms with van der Waals surface area (Å²) in [7, 11) is 0. The minimum absolute atomic E-state index is 0.0564. The van der Waals surface area contributed by atoms with Crippen LogP contribution in [-0.2, 0) is 20.9 Å². The van der Waals surface area contributed by atoms with Gasteiger partial charge in [0.05, 0.1) is 5.39 Å². The van der Waals surface area contributed by atoms with Gasteiger partial charge < -0.3 is 30.9 Å². The fraction of sp³-hybridized carbons (Fsp3) is 0.524. The van der Waals surface area contributed by atoms with Gasteiger partial charge in [-0.05, 0) is 37.0 Å². The van der Waals surface area contributed by atoms with Gasteiger partial charge >= 0.3 is 6.09 Å². The standard InChI is InChI=1S/C21H27N5O5/c22-18-14-7-6-12(10-16(14)31-25-18)11-24-19(27)15-8-9-26(15)20(28)17(30-21(23)29)13-4-2-1-3-5-13/h6-7,10,13,15,17H,1-5,8-9,11H2,(H2,22,25)(H2,23,29)(H,24,27)/t15?,17-/m1/s1. The van der Waals surface area contributed by atoms with Crippen LogP contribution in [-0.4, -0.2) is 46.7 Å². The lowest BCUT2D eigenvalue weighted by Gasteiger charge is -2.42. The SMILES string of the molecule is NC(=O)O[C@@H](C(=O)N1CCC1C(=O)NCc1ccc2c(N)noc2c1)C1CCCCC1. The van der Waals surface area contributed by atoms with Gasteiger partial charge in [-0.15, -0.1) is 0 Å². The van der Waals surface area contributed by atoms with E-state index in [9.17, 15) is 14.4 Å². The second-order valence-electron chi connectivity index (χ2n) is 8.21. The van der Waals surface area contributed by atoms with E-state index in [0.29, 0.717) is 29.8 Å². The minimum atomic E-state index is -0.964. The van der Waals surface area contributed by atoms with E-state index in [0.717, 1.165) is 37.7 Å². The van der Waals surface area contributed by atoms with Crippen molar-refractivity contribution in [2.24, 2.45) is 11.7 Å². The summed E-state index contributed by atoms with van der Waals surface area (Å²) >= 11 is 0. The number of amides is 3. The fourth-order valence-electron chi connectivity index (χ4n) is 4.42. The van der Waals surface area contributed by atoms with E-state index < -0.39 is 18.2 Å². The largest absolute Gasteiger partial charge is 0.436 e. The first-order chi connectivity index (χ1) is 14.9. The van der Waals surface area contributed by atoms with Crippen molar-refractivity contribution in [1.82, 2.24) is 15.4 Å². The minimum Gasteiger partial charge on any atom is -0.436 e. The third-order valence-electron chi connectivity index (χ3n) is 6.20. The van der Waals surface area contributed by atoms with Crippen LogP contribution in [0.5, 0.6) is 0 Å². The van der Waals surface area contributed by atoms with Gasteiger partial charge in [-0.25, -0.2) is 4.79 Å². The second-order valence-corrected chi connectivity index (χ2v) is 8.21. The van der Waals surface area contributed by atoms with Crippen LogP contribution in [0.25, 0.3) is 11.0 Å². The van der Waals surface area contributed by atoms with Crippen molar-refractivity contribution in [3.8, 4) is 0 Å². The summed E-state index contributed by atoms with van der Waals surface area (Å²) in [5, 5.41) is 7.29. The lowest BCUT2D eigenvalue weighted by molar-refractivity contribution is -0.157. The molecule has 0 bridgehead atoms. The molecule has 1 unspecified atom stereocenters. The molecule has 10 heteroatoms. The quantitative estimate of drug-likeness (QED) is 0.631. The van der Waals surface area contributed by atoms with Crippen molar-refractivity contribution in [1.29, 1.82) is 0 Å². The number of anilines is 1. The van der Waals surface area contributed by atoms with E-state index in [1.165, 1.54) is 4.90 Å². The predicted molar refractivity (Wildman–Crippen MR) is 111 cm³/mol. The summed E-state index contributed by atoms with van der Waals surface area (Å²) < 4.78 is 10.3. The molecule has 2 atom stereocenters. The summed E-state index contributed by atoms with van der Waals surface area (Å²) in [4.78, 5) is 38.7. The summed E-state index contributed by atoms with van der Waals surface area (Å²) in [5.74, 6) is -0.326. The highest BCUT2D eigenvalue weighted by atomic mass is 16.6. The molecule has 0 radical (unpaired) electrons. The first-order valence-corrected chi connectivity index (χ1v) is 10.6. The summed E-state index contributed by atoms with van der Waals surface area (Å²) in [5.41, 5.74) is 12.3. The van der Waals surface area contributed by atoms with Crippen molar-refractivity contribution < 1.29 is 23.6 Å². The molecule has 4 rings (SSSR count). The number of likely N-dealkylation sites (tertiary alicyclic amines) is 1. The number of nitrogens with zero attached hydrogens (tertiary/aromatic N) is 2. The number of primary amides is 1. The zero-order chi connectivity index (χ0) is 22.0. The molecule has 1 aromatic carbocycles. The van der Waals surface area contributed by atoms with Crippen LogP contribution < -0.4 is 16.8 Å². The number of nitrogens with one attached hydrogen (secondary N) is 1. The Labute approximate surface area is 179 Å². The molecule has 31 heavy (non-hydrogen) atoms. The molecular formula is C21H27N5O5. The van der Waals surface area contributed by atoms with E-state index >= 15 is 0 Å². The zero-order valence-electron chi connectivity index (χ0n) is 17.2. The molecule has 2 aliphatic rings. The number of aromatic nitrogens is 1. The first kappa shape index (κ1) is 21.0. The molecule has 1 saturated heterocycles. The van der Waals surface area contributed by atoms with Crippen LogP contribution in [0.3, 0.4) is 0 Å².